The van der Waals surface area contributed by atoms with Gasteiger partial charge in [-0.15, -0.1) is 0 Å². The second kappa shape index (κ2) is 7.47. The van der Waals surface area contributed by atoms with Crippen molar-refractivity contribution in [1.29, 1.82) is 5.26 Å². The van der Waals surface area contributed by atoms with Crippen molar-refractivity contribution < 1.29 is 13.6 Å². The Hall–Kier alpha value is -2.78. The molecule has 0 heterocycles. The van der Waals surface area contributed by atoms with Gasteiger partial charge < -0.3 is 5.32 Å². The van der Waals surface area contributed by atoms with Crippen LogP contribution in [0.4, 0.5) is 14.5 Å². The van der Waals surface area contributed by atoms with Gasteiger partial charge in [-0.05, 0) is 36.9 Å². The van der Waals surface area contributed by atoms with Gasteiger partial charge in [0.05, 0.1) is 23.9 Å². The maximum atomic E-state index is 13.5. The molecule has 0 fully saturated rings. The van der Waals surface area contributed by atoms with Gasteiger partial charge in [0.1, 0.15) is 11.6 Å². The van der Waals surface area contributed by atoms with Crippen LogP contribution in [-0.4, -0.2) is 24.4 Å². The second-order valence-electron chi connectivity index (χ2n) is 5.16. The topological polar surface area (TPSA) is 56.1 Å². The zero-order valence-corrected chi connectivity index (χ0v) is 12.5. The zero-order chi connectivity index (χ0) is 16.8. The summed E-state index contributed by atoms with van der Waals surface area (Å²) < 4.78 is 26.3. The van der Waals surface area contributed by atoms with Crippen LogP contribution < -0.4 is 5.32 Å². The molecular formula is C17H15F2N3O. The van der Waals surface area contributed by atoms with E-state index in [2.05, 4.69) is 11.4 Å². The number of nitriles is 1. The second-order valence-corrected chi connectivity index (χ2v) is 5.16. The molecule has 1 amide bonds. The molecule has 2 aromatic carbocycles. The fraction of sp³-hybridized carbons (Fsp3) is 0.176. The molecule has 0 atom stereocenters. The molecule has 118 valence electrons. The third kappa shape index (κ3) is 4.87. The molecule has 2 rings (SSSR count). The van der Waals surface area contributed by atoms with Crippen LogP contribution in [0.3, 0.4) is 0 Å². The number of hydrogen-bond acceptors (Lipinski definition) is 3. The molecule has 0 aliphatic heterocycles. The number of likely N-dealkylation sites (N-methyl/N-ethyl adjacent to an activating group) is 1. The van der Waals surface area contributed by atoms with E-state index in [-0.39, 0.29) is 12.2 Å². The highest BCUT2D eigenvalue weighted by molar-refractivity contribution is 5.92. The van der Waals surface area contributed by atoms with Gasteiger partial charge >= 0.3 is 0 Å². The Morgan fingerprint density at radius 2 is 2.04 bits per heavy atom. The monoisotopic (exact) mass is 315 g/mol. The summed E-state index contributed by atoms with van der Waals surface area (Å²) in [6.07, 6.45) is 0. The average molecular weight is 315 g/mol. The Morgan fingerprint density at radius 1 is 1.26 bits per heavy atom. The molecule has 0 aliphatic rings. The molecule has 0 bridgehead atoms. The lowest BCUT2D eigenvalue weighted by Gasteiger charge is -2.16. The number of nitrogens with one attached hydrogen (secondary N) is 1. The molecule has 2 aromatic rings. The van der Waals surface area contributed by atoms with Crippen molar-refractivity contribution in [3.63, 3.8) is 0 Å². The van der Waals surface area contributed by atoms with Gasteiger partial charge in [-0.3, -0.25) is 9.69 Å². The van der Waals surface area contributed by atoms with Crippen LogP contribution in [0, 0.1) is 23.0 Å². The van der Waals surface area contributed by atoms with Crippen molar-refractivity contribution in [2.24, 2.45) is 0 Å². The minimum absolute atomic E-state index is 0.0353. The number of nitrogens with zero attached hydrogens (tertiary/aromatic N) is 2. The number of halogens is 2. The molecule has 0 saturated carbocycles. The Morgan fingerprint density at radius 3 is 2.74 bits per heavy atom. The summed E-state index contributed by atoms with van der Waals surface area (Å²) >= 11 is 0. The smallest absolute Gasteiger partial charge is 0.238 e. The summed E-state index contributed by atoms with van der Waals surface area (Å²) in [6, 6.07) is 12.1. The minimum atomic E-state index is -0.817. The van der Waals surface area contributed by atoms with Crippen LogP contribution in [0.15, 0.2) is 42.5 Å². The standard InChI is InChI=1S/C17H15F2N3O/c1-22(10-13-4-2-3-12(7-13)9-20)11-17(23)21-16-6-5-14(18)8-15(16)19/h2-8H,10-11H2,1H3,(H,21,23). The van der Waals surface area contributed by atoms with Gasteiger partial charge in [0.2, 0.25) is 5.91 Å². The number of carbonyl (C=O) groups excluding carboxylic acids is 1. The molecule has 4 nitrogen and oxygen atoms in total. The summed E-state index contributed by atoms with van der Waals surface area (Å²) in [7, 11) is 1.74. The molecule has 23 heavy (non-hydrogen) atoms. The van der Waals surface area contributed by atoms with Crippen LogP contribution in [-0.2, 0) is 11.3 Å². The first-order valence-corrected chi connectivity index (χ1v) is 6.90. The predicted octanol–water partition coefficient (Wildman–Crippen LogP) is 2.91. The van der Waals surface area contributed by atoms with Crippen LogP contribution in [0.1, 0.15) is 11.1 Å². The SMILES string of the molecule is CN(CC(=O)Nc1ccc(F)cc1F)Cc1cccc(C#N)c1. The van der Waals surface area contributed by atoms with Crippen LogP contribution in [0.2, 0.25) is 0 Å². The predicted molar refractivity (Wildman–Crippen MR) is 82.5 cm³/mol. The summed E-state index contributed by atoms with van der Waals surface area (Å²) in [5.41, 5.74) is 1.39. The Kier molecular flexibility index (Phi) is 5.39. The highest BCUT2D eigenvalue weighted by atomic mass is 19.1. The van der Waals surface area contributed by atoms with Crippen LogP contribution in [0.25, 0.3) is 0 Å². The quantitative estimate of drug-likeness (QED) is 0.923. The number of amides is 1. The van der Waals surface area contributed by atoms with Gasteiger partial charge in [0, 0.05) is 12.6 Å². The molecule has 1 N–H and O–H groups in total. The third-order valence-electron chi connectivity index (χ3n) is 3.13. The van der Waals surface area contributed by atoms with Crippen LogP contribution >= 0.6 is 0 Å². The summed E-state index contributed by atoms with van der Waals surface area (Å²) in [5, 5.41) is 11.3. The highest BCUT2D eigenvalue weighted by Crippen LogP contribution is 2.15. The summed E-state index contributed by atoms with van der Waals surface area (Å²) in [6.45, 7) is 0.502. The van der Waals surface area contributed by atoms with E-state index in [0.29, 0.717) is 18.2 Å². The first-order valence-electron chi connectivity index (χ1n) is 6.90. The average Bonchev–Trinajstić information content (AvgIpc) is 2.50. The van der Waals surface area contributed by atoms with Crippen molar-refractivity contribution in [2.75, 3.05) is 18.9 Å². The molecular weight excluding hydrogens is 300 g/mol. The van der Waals surface area contributed by atoms with Gasteiger partial charge in [0.25, 0.3) is 0 Å². The molecule has 0 radical (unpaired) electrons. The zero-order valence-electron chi connectivity index (χ0n) is 12.5. The van der Waals surface area contributed by atoms with Crippen LogP contribution in [0.5, 0.6) is 0 Å². The van der Waals surface area contributed by atoms with E-state index in [4.69, 9.17) is 5.26 Å². The molecule has 0 aromatic heterocycles. The first kappa shape index (κ1) is 16.6. The van der Waals surface area contributed by atoms with Gasteiger partial charge in [-0.25, -0.2) is 8.78 Å². The van der Waals surface area contributed by atoms with Crippen molar-refractivity contribution >= 4 is 11.6 Å². The van der Waals surface area contributed by atoms with Gasteiger partial charge in [-0.1, -0.05) is 12.1 Å². The van der Waals surface area contributed by atoms with E-state index in [1.165, 1.54) is 6.07 Å². The number of benzene rings is 2. The molecule has 0 aliphatic carbocycles. The molecule has 0 spiro atoms. The van der Waals surface area contributed by atoms with E-state index in [1.807, 2.05) is 6.07 Å². The third-order valence-corrected chi connectivity index (χ3v) is 3.13. The number of rotatable bonds is 5. The minimum Gasteiger partial charge on any atom is -0.322 e. The Labute approximate surface area is 133 Å². The molecule has 6 heteroatoms. The maximum absolute atomic E-state index is 13.5. The normalized spacial score (nSPS) is 10.4. The molecule has 0 unspecified atom stereocenters. The van der Waals surface area contributed by atoms with E-state index < -0.39 is 17.5 Å². The fourth-order valence-electron chi connectivity index (χ4n) is 2.13. The lowest BCUT2D eigenvalue weighted by Crippen LogP contribution is -2.30. The van der Waals surface area contributed by atoms with E-state index in [0.717, 1.165) is 11.6 Å². The van der Waals surface area contributed by atoms with Crippen molar-refractivity contribution in [3.8, 4) is 6.07 Å². The first-order chi connectivity index (χ1) is 11.0. The summed E-state index contributed by atoms with van der Waals surface area (Å²) in [5.74, 6) is -1.92. The van der Waals surface area contributed by atoms with Crippen molar-refractivity contribution in [2.45, 2.75) is 6.54 Å². The Bertz CT molecular complexity index is 756. The van der Waals surface area contributed by atoms with Gasteiger partial charge in [-0.2, -0.15) is 5.26 Å². The number of carbonyl (C=O) groups is 1. The highest BCUT2D eigenvalue weighted by Gasteiger charge is 2.11. The van der Waals surface area contributed by atoms with Crippen molar-refractivity contribution in [3.05, 3.63) is 65.2 Å². The Balaban J connectivity index is 1.93. The van der Waals surface area contributed by atoms with Crippen molar-refractivity contribution in [1.82, 2.24) is 4.90 Å². The van der Waals surface area contributed by atoms with Gasteiger partial charge in [0.15, 0.2) is 0 Å². The molecule has 0 saturated heterocycles. The van der Waals surface area contributed by atoms with E-state index in [1.54, 1.807) is 30.1 Å². The largest absolute Gasteiger partial charge is 0.322 e. The van der Waals surface area contributed by atoms with E-state index >= 15 is 0 Å². The number of anilines is 1. The summed E-state index contributed by atoms with van der Waals surface area (Å²) in [4.78, 5) is 13.6. The number of hydrogen-bond donors (Lipinski definition) is 1. The lowest BCUT2D eigenvalue weighted by atomic mass is 10.1. The fourth-order valence-corrected chi connectivity index (χ4v) is 2.13. The lowest BCUT2D eigenvalue weighted by molar-refractivity contribution is -0.117. The maximum Gasteiger partial charge on any atom is 0.238 e. The van der Waals surface area contributed by atoms with E-state index in [9.17, 15) is 13.6 Å².